The van der Waals surface area contributed by atoms with Gasteiger partial charge in [-0.05, 0) is 93.3 Å². The number of aliphatic hydroxyl groups is 1. The number of unbranched alkanes of at least 4 members (excludes halogenated alkanes) is 1. The first-order chi connectivity index (χ1) is 17.9. The first-order valence-electron chi connectivity index (χ1n) is 13.5. The Labute approximate surface area is 219 Å². The molecule has 0 aliphatic carbocycles. The lowest BCUT2D eigenvalue weighted by Crippen LogP contribution is -2.41. The molecule has 1 aromatic carbocycles. The highest BCUT2D eigenvalue weighted by Crippen LogP contribution is 2.35. The summed E-state index contributed by atoms with van der Waals surface area (Å²) >= 11 is 0. The number of nitrogens with zero attached hydrogens (tertiary/aromatic N) is 4. The molecule has 4 rings (SSSR count). The Kier molecular flexibility index (Phi) is 9.52. The van der Waals surface area contributed by atoms with Crippen LogP contribution in [-0.4, -0.2) is 62.4 Å². The second-order valence-electron chi connectivity index (χ2n) is 10.3. The predicted octanol–water partition coefficient (Wildman–Crippen LogP) is 4.62. The quantitative estimate of drug-likeness (QED) is 0.325. The molecule has 3 heterocycles. The summed E-state index contributed by atoms with van der Waals surface area (Å²) in [6.07, 6.45) is 11.6. The number of hydrogen-bond acceptors (Lipinski definition) is 6. The fourth-order valence-electron chi connectivity index (χ4n) is 5.72. The van der Waals surface area contributed by atoms with Gasteiger partial charge in [-0.15, -0.1) is 0 Å². The standard InChI is InChI=1S/C29H40N4O4/c1-32-18-15-31-28(32)5-3-4-16-33-17-13-21(22(20-33)7-11-29(35)36)6-10-27(34)24-12-14-30-26-9-8-23(37-2)19-25(24)26/h8-9,12,14-15,18-19,21-22,27,34H,3-7,10-11,13,16-17,20H2,1-2H3,(H,35,36)/t21-,22+,27?/m1/s1. The van der Waals surface area contributed by atoms with Crippen LogP contribution in [0.5, 0.6) is 5.75 Å². The molecule has 200 valence electrons. The van der Waals surface area contributed by atoms with E-state index < -0.39 is 12.1 Å². The summed E-state index contributed by atoms with van der Waals surface area (Å²) in [4.78, 5) is 22.7. The number of carboxylic acid groups (broad SMARTS) is 1. The number of carbonyl (C=O) groups is 1. The lowest BCUT2D eigenvalue weighted by Gasteiger charge is -2.39. The van der Waals surface area contributed by atoms with Crippen molar-refractivity contribution in [3.8, 4) is 5.75 Å². The number of aliphatic carboxylic acids is 1. The maximum absolute atomic E-state index is 11.3. The highest BCUT2D eigenvalue weighted by atomic mass is 16.5. The number of fused-ring (bicyclic) bond motifs is 1. The maximum atomic E-state index is 11.3. The Morgan fingerprint density at radius 3 is 2.78 bits per heavy atom. The Hall–Kier alpha value is -2.97. The number of pyridine rings is 1. The van der Waals surface area contributed by atoms with Crippen molar-refractivity contribution in [1.82, 2.24) is 19.4 Å². The molecular weight excluding hydrogens is 468 g/mol. The Morgan fingerprint density at radius 2 is 2.03 bits per heavy atom. The van der Waals surface area contributed by atoms with Crippen molar-refractivity contribution < 1.29 is 19.7 Å². The van der Waals surface area contributed by atoms with E-state index in [1.165, 1.54) is 0 Å². The summed E-state index contributed by atoms with van der Waals surface area (Å²) in [5.41, 5.74) is 1.71. The zero-order chi connectivity index (χ0) is 26.2. The van der Waals surface area contributed by atoms with Gasteiger partial charge in [0.15, 0.2) is 0 Å². The molecule has 37 heavy (non-hydrogen) atoms. The van der Waals surface area contributed by atoms with Crippen molar-refractivity contribution in [3.05, 3.63) is 54.2 Å². The molecule has 2 aromatic heterocycles. The number of rotatable bonds is 13. The van der Waals surface area contributed by atoms with E-state index in [9.17, 15) is 15.0 Å². The van der Waals surface area contributed by atoms with E-state index >= 15 is 0 Å². The van der Waals surface area contributed by atoms with Gasteiger partial charge >= 0.3 is 5.97 Å². The molecular formula is C29H40N4O4. The van der Waals surface area contributed by atoms with E-state index in [4.69, 9.17) is 4.74 Å². The van der Waals surface area contributed by atoms with Gasteiger partial charge in [-0.25, -0.2) is 4.98 Å². The van der Waals surface area contributed by atoms with Crippen molar-refractivity contribution in [3.63, 3.8) is 0 Å². The van der Waals surface area contributed by atoms with Gasteiger partial charge in [-0.3, -0.25) is 9.78 Å². The zero-order valence-electron chi connectivity index (χ0n) is 22.1. The molecule has 0 bridgehead atoms. The summed E-state index contributed by atoms with van der Waals surface area (Å²) in [7, 11) is 3.67. The summed E-state index contributed by atoms with van der Waals surface area (Å²) in [6, 6.07) is 7.62. The van der Waals surface area contributed by atoms with Crippen LogP contribution in [0.2, 0.25) is 0 Å². The van der Waals surface area contributed by atoms with Gasteiger partial charge in [0.25, 0.3) is 0 Å². The van der Waals surface area contributed by atoms with Crippen LogP contribution in [0.15, 0.2) is 42.9 Å². The lowest BCUT2D eigenvalue weighted by molar-refractivity contribution is -0.137. The molecule has 8 nitrogen and oxygen atoms in total. The van der Waals surface area contributed by atoms with Crippen molar-refractivity contribution in [1.29, 1.82) is 0 Å². The van der Waals surface area contributed by atoms with E-state index in [0.717, 1.165) is 79.8 Å². The molecule has 0 radical (unpaired) electrons. The molecule has 2 N–H and O–H groups in total. The number of ether oxygens (including phenoxy) is 1. The van der Waals surface area contributed by atoms with Gasteiger partial charge < -0.3 is 24.4 Å². The minimum atomic E-state index is -0.733. The second kappa shape index (κ2) is 13.0. The largest absolute Gasteiger partial charge is 0.497 e. The highest BCUT2D eigenvalue weighted by Gasteiger charge is 2.30. The molecule has 1 unspecified atom stereocenters. The first-order valence-corrected chi connectivity index (χ1v) is 13.5. The van der Waals surface area contributed by atoms with Crippen LogP contribution in [0.1, 0.15) is 62.4 Å². The third kappa shape index (κ3) is 7.29. The number of hydrogen-bond donors (Lipinski definition) is 2. The molecule has 3 aromatic rings. The van der Waals surface area contributed by atoms with Crippen LogP contribution in [0.4, 0.5) is 0 Å². The van der Waals surface area contributed by atoms with Crippen LogP contribution in [0.3, 0.4) is 0 Å². The molecule has 0 amide bonds. The number of aromatic nitrogens is 3. The molecule has 0 saturated carbocycles. The lowest BCUT2D eigenvalue weighted by atomic mass is 9.79. The van der Waals surface area contributed by atoms with E-state index in [1.807, 2.05) is 43.7 Å². The minimum absolute atomic E-state index is 0.200. The predicted molar refractivity (Wildman–Crippen MR) is 144 cm³/mol. The van der Waals surface area contributed by atoms with Crippen molar-refractivity contribution in [2.75, 3.05) is 26.7 Å². The van der Waals surface area contributed by atoms with Gasteiger partial charge in [0.2, 0.25) is 0 Å². The number of methoxy groups -OCH3 is 1. The van der Waals surface area contributed by atoms with E-state index in [2.05, 4.69) is 19.4 Å². The topological polar surface area (TPSA) is 101 Å². The average molecular weight is 509 g/mol. The van der Waals surface area contributed by atoms with Crippen LogP contribution >= 0.6 is 0 Å². The second-order valence-corrected chi connectivity index (χ2v) is 10.3. The molecule has 1 aliphatic rings. The van der Waals surface area contributed by atoms with Crippen molar-refractivity contribution in [2.24, 2.45) is 18.9 Å². The van der Waals surface area contributed by atoms with E-state index in [1.54, 1.807) is 13.3 Å². The fourth-order valence-corrected chi connectivity index (χ4v) is 5.72. The fraction of sp³-hybridized carbons (Fsp3) is 0.552. The molecule has 3 atom stereocenters. The van der Waals surface area contributed by atoms with Gasteiger partial charge in [-0.2, -0.15) is 0 Å². The number of likely N-dealkylation sites (tertiary alicyclic amines) is 1. The summed E-state index contributed by atoms with van der Waals surface area (Å²) < 4.78 is 7.45. The molecule has 1 fully saturated rings. The first kappa shape index (κ1) is 27.1. The summed E-state index contributed by atoms with van der Waals surface area (Å²) in [5, 5.41) is 21.4. The van der Waals surface area contributed by atoms with Gasteiger partial charge in [0.1, 0.15) is 11.6 Å². The van der Waals surface area contributed by atoms with Crippen LogP contribution in [0, 0.1) is 11.8 Å². The SMILES string of the molecule is COc1ccc2nccc(C(O)CC[C@@H]3CCN(CCCCc4nccn4C)C[C@@H]3CCC(=O)O)c2c1. The van der Waals surface area contributed by atoms with Crippen LogP contribution in [0.25, 0.3) is 10.9 Å². The molecule has 1 saturated heterocycles. The third-order valence-corrected chi connectivity index (χ3v) is 7.90. The van der Waals surface area contributed by atoms with E-state index in [0.29, 0.717) is 24.7 Å². The summed E-state index contributed by atoms with van der Waals surface area (Å²) in [5.74, 6) is 1.89. The smallest absolute Gasteiger partial charge is 0.303 e. The zero-order valence-corrected chi connectivity index (χ0v) is 22.1. The van der Waals surface area contributed by atoms with E-state index in [-0.39, 0.29) is 6.42 Å². The Morgan fingerprint density at radius 1 is 1.16 bits per heavy atom. The number of aryl methyl sites for hydroxylation is 2. The summed E-state index contributed by atoms with van der Waals surface area (Å²) in [6.45, 7) is 3.00. The Bertz CT molecular complexity index is 1160. The third-order valence-electron chi connectivity index (χ3n) is 7.90. The highest BCUT2D eigenvalue weighted by molar-refractivity contribution is 5.83. The monoisotopic (exact) mass is 508 g/mol. The maximum Gasteiger partial charge on any atom is 0.303 e. The number of benzene rings is 1. The number of aliphatic hydroxyl groups excluding tert-OH is 1. The normalized spacial score (nSPS) is 19.2. The van der Waals surface area contributed by atoms with Crippen LogP contribution < -0.4 is 4.74 Å². The average Bonchev–Trinajstić information content (AvgIpc) is 3.32. The van der Waals surface area contributed by atoms with Gasteiger partial charge in [-0.1, -0.05) is 0 Å². The molecule has 1 aliphatic heterocycles. The van der Waals surface area contributed by atoms with Crippen molar-refractivity contribution in [2.45, 2.75) is 57.5 Å². The molecule has 8 heteroatoms. The van der Waals surface area contributed by atoms with Crippen LogP contribution in [-0.2, 0) is 18.3 Å². The van der Waals surface area contributed by atoms with Gasteiger partial charge in [0, 0.05) is 50.4 Å². The van der Waals surface area contributed by atoms with Gasteiger partial charge in [0.05, 0.1) is 18.7 Å². The number of imidazole rings is 1. The number of piperidine rings is 1. The Balaban J connectivity index is 1.32. The number of carboxylic acids is 1. The van der Waals surface area contributed by atoms with Crippen molar-refractivity contribution >= 4 is 16.9 Å². The minimum Gasteiger partial charge on any atom is -0.497 e. The molecule has 0 spiro atoms.